The summed E-state index contributed by atoms with van der Waals surface area (Å²) in [5, 5.41) is 0. The summed E-state index contributed by atoms with van der Waals surface area (Å²) in [6, 6.07) is 13.8. The Kier molecular flexibility index (Phi) is 4.04. The number of rotatable bonds is 3. The molecule has 0 aromatic heterocycles. The Morgan fingerprint density at radius 1 is 1.06 bits per heavy atom. The Bertz CT molecular complexity index is 535. The molecule has 1 atom stereocenters. The molecule has 0 unspecified atom stereocenters. The second-order valence-corrected chi connectivity index (χ2v) is 5.24. The molecule has 0 aliphatic carbocycles. The second kappa shape index (κ2) is 5.55. The molecule has 18 heavy (non-hydrogen) atoms. The highest BCUT2D eigenvalue weighted by Gasteiger charge is 2.06. The summed E-state index contributed by atoms with van der Waals surface area (Å²) < 4.78 is 6.75. The summed E-state index contributed by atoms with van der Waals surface area (Å²) in [4.78, 5) is 0. The molecule has 94 valence electrons. The minimum atomic E-state index is 0.00722. The molecule has 2 aromatic rings. The van der Waals surface area contributed by atoms with Crippen LogP contribution in [-0.2, 0) is 0 Å². The lowest BCUT2D eigenvalue weighted by Crippen LogP contribution is -2.05. The van der Waals surface area contributed by atoms with Gasteiger partial charge in [-0.3, -0.25) is 0 Å². The molecular weight excluding hydrogens is 290 g/mol. The monoisotopic (exact) mass is 305 g/mol. The first-order chi connectivity index (χ1) is 8.56. The van der Waals surface area contributed by atoms with Crippen molar-refractivity contribution in [1.82, 2.24) is 0 Å². The molecule has 0 aliphatic heterocycles. The molecule has 3 heteroatoms. The molecule has 2 nitrogen and oxygen atoms in total. The van der Waals surface area contributed by atoms with Gasteiger partial charge in [0.25, 0.3) is 0 Å². The average Bonchev–Trinajstić information content (AvgIpc) is 2.32. The fourth-order valence-corrected chi connectivity index (χ4v) is 2.40. The highest BCUT2D eigenvalue weighted by atomic mass is 79.9. The van der Waals surface area contributed by atoms with Gasteiger partial charge in [-0.05, 0) is 43.7 Å². The minimum Gasteiger partial charge on any atom is -0.457 e. The Morgan fingerprint density at radius 3 is 2.22 bits per heavy atom. The molecule has 0 fully saturated rings. The largest absolute Gasteiger partial charge is 0.457 e. The Balaban J connectivity index is 2.20. The topological polar surface area (TPSA) is 35.2 Å². The molecule has 0 spiro atoms. The lowest BCUT2D eigenvalue weighted by molar-refractivity contribution is 0.482. The van der Waals surface area contributed by atoms with Crippen molar-refractivity contribution in [3.05, 3.63) is 58.1 Å². The van der Waals surface area contributed by atoms with Crippen LogP contribution >= 0.6 is 15.9 Å². The van der Waals surface area contributed by atoms with Crippen molar-refractivity contribution >= 4 is 15.9 Å². The maximum Gasteiger partial charge on any atom is 0.128 e. The zero-order chi connectivity index (χ0) is 13.1. The van der Waals surface area contributed by atoms with Crippen LogP contribution in [0, 0.1) is 6.92 Å². The highest BCUT2D eigenvalue weighted by Crippen LogP contribution is 2.29. The fourth-order valence-electron chi connectivity index (χ4n) is 1.68. The van der Waals surface area contributed by atoms with E-state index in [9.17, 15) is 0 Å². The van der Waals surface area contributed by atoms with Gasteiger partial charge >= 0.3 is 0 Å². The van der Waals surface area contributed by atoms with Gasteiger partial charge in [0.15, 0.2) is 0 Å². The quantitative estimate of drug-likeness (QED) is 0.901. The molecule has 2 rings (SSSR count). The van der Waals surface area contributed by atoms with Crippen molar-refractivity contribution in [2.75, 3.05) is 0 Å². The number of nitrogens with two attached hydrogens (primary N) is 1. The van der Waals surface area contributed by atoms with Crippen molar-refractivity contribution < 1.29 is 4.74 Å². The van der Waals surface area contributed by atoms with E-state index in [1.807, 2.05) is 49.4 Å². The number of hydrogen-bond donors (Lipinski definition) is 1. The van der Waals surface area contributed by atoms with Crippen LogP contribution in [0.1, 0.15) is 24.1 Å². The van der Waals surface area contributed by atoms with Crippen LogP contribution in [0.5, 0.6) is 11.5 Å². The van der Waals surface area contributed by atoms with Gasteiger partial charge in [-0.15, -0.1) is 0 Å². The summed E-state index contributed by atoms with van der Waals surface area (Å²) in [7, 11) is 0. The van der Waals surface area contributed by atoms with Crippen molar-refractivity contribution in [2.24, 2.45) is 5.73 Å². The summed E-state index contributed by atoms with van der Waals surface area (Å²) in [6.45, 7) is 4.01. The van der Waals surface area contributed by atoms with E-state index in [0.29, 0.717) is 0 Å². The lowest BCUT2D eigenvalue weighted by atomic mass is 10.1. The van der Waals surface area contributed by atoms with Gasteiger partial charge in [0.1, 0.15) is 11.5 Å². The van der Waals surface area contributed by atoms with Gasteiger partial charge in [0.05, 0.1) is 0 Å². The zero-order valence-corrected chi connectivity index (χ0v) is 12.1. The standard InChI is InChI=1S/C15H16BrNO/c1-10-3-5-12(6-4-10)18-13-7-8-14(11(2)17)15(16)9-13/h3-9,11H,17H2,1-2H3/t11-/m1/s1. The second-order valence-electron chi connectivity index (χ2n) is 4.39. The Hall–Kier alpha value is -1.32. The van der Waals surface area contributed by atoms with E-state index in [2.05, 4.69) is 22.9 Å². The molecule has 0 aliphatic rings. The Labute approximate surface area is 116 Å². The summed E-state index contributed by atoms with van der Waals surface area (Å²) >= 11 is 3.51. The predicted molar refractivity (Wildman–Crippen MR) is 78.0 cm³/mol. The predicted octanol–water partition coefficient (Wildman–Crippen LogP) is 4.57. The molecule has 0 bridgehead atoms. The first-order valence-corrected chi connectivity index (χ1v) is 6.65. The third kappa shape index (κ3) is 3.12. The summed E-state index contributed by atoms with van der Waals surface area (Å²) in [5.41, 5.74) is 8.16. The van der Waals surface area contributed by atoms with E-state index in [0.717, 1.165) is 21.5 Å². The molecular formula is C15H16BrNO. The smallest absolute Gasteiger partial charge is 0.128 e. The molecule has 0 heterocycles. The van der Waals surface area contributed by atoms with Crippen LogP contribution < -0.4 is 10.5 Å². The van der Waals surface area contributed by atoms with Crippen LogP contribution in [0.4, 0.5) is 0 Å². The lowest BCUT2D eigenvalue weighted by Gasteiger charge is -2.11. The van der Waals surface area contributed by atoms with Crippen LogP contribution in [0.2, 0.25) is 0 Å². The third-order valence-electron chi connectivity index (χ3n) is 2.72. The van der Waals surface area contributed by atoms with E-state index < -0.39 is 0 Å². The van der Waals surface area contributed by atoms with E-state index >= 15 is 0 Å². The van der Waals surface area contributed by atoms with Crippen LogP contribution in [0.3, 0.4) is 0 Å². The van der Waals surface area contributed by atoms with Gasteiger partial charge in [-0.25, -0.2) is 0 Å². The van der Waals surface area contributed by atoms with Crippen LogP contribution in [0.15, 0.2) is 46.9 Å². The normalized spacial score (nSPS) is 12.2. The summed E-state index contributed by atoms with van der Waals surface area (Å²) in [5.74, 6) is 1.64. The molecule has 0 radical (unpaired) electrons. The molecule has 0 saturated carbocycles. The van der Waals surface area contributed by atoms with Gasteiger partial charge in [-0.2, -0.15) is 0 Å². The maximum absolute atomic E-state index is 5.86. The van der Waals surface area contributed by atoms with Gasteiger partial charge in [-0.1, -0.05) is 39.7 Å². The van der Waals surface area contributed by atoms with Gasteiger partial charge < -0.3 is 10.5 Å². The van der Waals surface area contributed by atoms with Crippen LogP contribution in [0.25, 0.3) is 0 Å². The van der Waals surface area contributed by atoms with Crippen LogP contribution in [-0.4, -0.2) is 0 Å². The van der Waals surface area contributed by atoms with E-state index in [4.69, 9.17) is 10.5 Å². The molecule has 0 saturated heterocycles. The number of aryl methyl sites for hydroxylation is 1. The van der Waals surface area contributed by atoms with E-state index in [1.54, 1.807) is 0 Å². The highest BCUT2D eigenvalue weighted by molar-refractivity contribution is 9.10. The number of hydrogen-bond acceptors (Lipinski definition) is 2. The molecule has 0 amide bonds. The average molecular weight is 306 g/mol. The maximum atomic E-state index is 5.86. The van der Waals surface area contributed by atoms with Crippen molar-refractivity contribution in [1.29, 1.82) is 0 Å². The van der Waals surface area contributed by atoms with Crippen molar-refractivity contribution in [2.45, 2.75) is 19.9 Å². The Morgan fingerprint density at radius 2 is 1.67 bits per heavy atom. The van der Waals surface area contributed by atoms with E-state index in [1.165, 1.54) is 5.56 Å². The molecule has 2 aromatic carbocycles. The van der Waals surface area contributed by atoms with Crippen molar-refractivity contribution in [3.63, 3.8) is 0 Å². The first-order valence-electron chi connectivity index (χ1n) is 5.86. The fraction of sp³-hybridized carbons (Fsp3) is 0.200. The molecule has 2 N–H and O–H groups in total. The van der Waals surface area contributed by atoms with Gasteiger partial charge in [0.2, 0.25) is 0 Å². The van der Waals surface area contributed by atoms with E-state index in [-0.39, 0.29) is 6.04 Å². The minimum absolute atomic E-state index is 0.00722. The van der Waals surface area contributed by atoms with Gasteiger partial charge in [0, 0.05) is 10.5 Å². The number of halogens is 1. The van der Waals surface area contributed by atoms with Crippen molar-refractivity contribution in [3.8, 4) is 11.5 Å². The summed E-state index contributed by atoms with van der Waals surface area (Å²) in [6.07, 6.45) is 0. The first kappa shape index (κ1) is 13.1. The third-order valence-corrected chi connectivity index (χ3v) is 3.41. The SMILES string of the molecule is Cc1ccc(Oc2ccc([C@@H](C)N)c(Br)c2)cc1. The zero-order valence-electron chi connectivity index (χ0n) is 10.5. The number of benzene rings is 2. The number of ether oxygens (including phenoxy) is 1.